The molecule has 0 radical (unpaired) electrons. The van der Waals surface area contributed by atoms with Crippen molar-refractivity contribution >= 4 is 83.0 Å². The Bertz CT molecular complexity index is 3080. The molecule has 6 saturated heterocycles. The molecule has 17 N–H and O–H groups in total. The van der Waals surface area contributed by atoms with Crippen molar-refractivity contribution in [2.45, 2.75) is 198 Å². The Morgan fingerprint density at radius 3 is 1.16 bits per heavy atom. The van der Waals surface area contributed by atoms with Crippen molar-refractivity contribution in [2.24, 2.45) is 11.8 Å². The third-order valence-corrected chi connectivity index (χ3v) is 21.1. The van der Waals surface area contributed by atoms with E-state index in [4.69, 9.17) is 65.9 Å². The molecular formula is C51H89N3O41S6. The van der Waals surface area contributed by atoms with Gasteiger partial charge < -0.3 is 124 Å². The van der Waals surface area contributed by atoms with Gasteiger partial charge in [0.2, 0.25) is 5.91 Å². The molecule has 6 aliphatic heterocycles. The summed E-state index contributed by atoms with van der Waals surface area (Å²) < 4.78 is 214. The highest BCUT2D eigenvalue weighted by molar-refractivity contribution is 8.03. The third-order valence-electron chi connectivity index (χ3n) is 16.8. The minimum absolute atomic E-state index is 0.142. The van der Waals surface area contributed by atoms with Crippen molar-refractivity contribution in [2.75, 3.05) is 90.6 Å². The van der Waals surface area contributed by atoms with E-state index in [1.54, 1.807) is 6.92 Å². The van der Waals surface area contributed by atoms with Crippen LogP contribution in [0.1, 0.15) is 33.6 Å². The monoisotopic (exact) mass is 1590 g/mol. The van der Waals surface area contributed by atoms with Crippen LogP contribution < -0.4 is 16.0 Å². The van der Waals surface area contributed by atoms with Gasteiger partial charge in [0.25, 0.3) is 0 Å². The number of carboxylic acids is 2. The Labute approximate surface area is 587 Å². The number of methoxy groups -OCH3 is 2. The third kappa shape index (κ3) is 25.7. The highest BCUT2D eigenvalue weighted by Crippen LogP contribution is 2.38. The molecule has 0 aliphatic carbocycles. The molecule has 6 heterocycles. The summed E-state index contributed by atoms with van der Waals surface area (Å²) in [5.41, 5.74) is 0. The minimum Gasteiger partial charge on any atom is -0.479 e. The van der Waals surface area contributed by atoms with Crippen LogP contribution in [0.15, 0.2) is 0 Å². The fourth-order valence-electron chi connectivity index (χ4n) is 11.6. The SMILES string of the molecule is CCNC(=O)CCC(CSCCNC[C@@H]1O[C@H](COS(=O)(=O)O)[C@H](O[C@@H]2OC(C(=O)O)[C@@H](O[C@@H]3OC(COS(=O)(=O)O)[C@@H](OC)[C@H](O)C3C)[C@H](O)C2O)C1O)SCCNC[C@@H]1O[C@H](COS(=O)(=O)O)[C@H](O[C@@H]2OC(C(=O)O)[C@@H](O[C@@H]3OC(COS(=O)(=O)O)[C@@H](OC)[C@H](O)C3C)[C@H](O)C2O)C1O. The lowest BCUT2D eigenvalue weighted by molar-refractivity contribution is -0.353. The average Bonchev–Trinajstić information content (AvgIpc) is 1.53. The number of aliphatic carboxylic acids is 2. The van der Waals surface area contributed by atoms with Crippen molar-refractivity contribution in [3.63, 3.8) is 0 Å². The first-order valence-electron chi connectivity index (χ1n) is 31.0. The number of carbonyl (C=O) groups excluding carboxylic acids is 1. The van der Waals surface area contributed by atoms with Crippen LogP contribution in [0.4, 0.5) is 0 Å². The number of aliphatic hydroxyl groups excluding tert-OH is 8. The first kappa shape index (κ1) is 87.6. The first-order chi connectivity index (χ1) is 47.2. The summed E-state index contributed by atoms with van der Waals surface area (Å²) in [7, 11) is -18.1. The lowest BCUT2D eigenvalue weighted by Gasteiger charge is -2.46. The van der Waals surface area contributed by atoms with Crippen LogP contribution in [-0.4, -0.2) is 376 Å². The molecule has 0 aromatic carbocycles. The van der Waals surface area contributed by atoms with Crippen molar-refractivity contribution in [3.05, 3.63) is 0 Å². The minimum atomic E-state index is -5.15. The standard InChI is InChI=1S/C51H89N3O41S6/c1-6-54-29(55)8-7-22(97-12-10-53-14-24-33(59)41(28(87-24)18-85-101(77,78)79)91-51-37(63)35(61)43(45(95-51)47(66)67)93-49-21(3)31(57)39(81-5)26(89-49)16-83-99(71,72)73)19-96-11-9-52-13-23-32(58)40(27(86-23)17-84-100(74,75)76)90-50-36(62)34(60)42(44(94-50)46(64)65)92-48-20(2)30(56)38(80-4)25(88-48)15-82-98(68,69)70/h20-28,30-45,48-53,56-63H,6-19H2,1-5H3,(H,54,55)(H,64,65)(H,66,67)(H,68,69,70)(H,71,72,73)(H,74,75,76)(H,77,78,79)/t20?,21?,22?,23-,24-,25?,26?,27+,28+,30+,31+,32?,33?,34+,35+,36?,37?,38+,39+,40-,41-,42-,43-,44?,45?,48-,49-,50+,51+/m0/s1. The van der Waals surface area contributed by atoms with Crippen molar-refractivity contribution in [1.82, 2.24) is 16.0 Å². The zero-order chi connectivity index (χ0) is 75.2. The molecule has 29 atom stereocenters. The predicted molar refractivity (Wildman–Crippen MR) is 332 cm³/mol. The van der Waals surface area contributed by atoms with Gasteiger partial charge in [0, 0.05) is 87.7 Å². The summed E-state index contributed by atoms with van der Waals surface area (Å²) in [6.07, 6.45) is -45.7. The molecule has 0 spiro atoms. The van der Waals surface area contributed by atoms with E-state index >= 15 is 0 Å². The van der Waals surface area contributed by atoms with Crippen LogP contribution in [-0.2, 0) is 130 Å². The van der Waals surface area contributed by atoms with Gasteiger partial charge in [-0.2, -0.15) is 57.2 Å². The number of hydrogen-bond donors (Lipinski definition) is 17. The van der Waals surface area contributed by atoms with Crippen LogP contribution in [0.25, 0.3) is 0 Å². The van der Waals surface area contributed by atoms with Gasteiger partial charge in [-0.1, -0.05) is 13.8 Å². The lowest BCUT2D eigenvalue weighted by atomic mass is 9.91. The number of carboxylic acid groups (broad SMARTS) is 2. The van der Waals surface area contributed by atoms with Crippen LogP contribution in [0.3, 0.4) is 0 Å². The summed E-state index contributed by atoms with van der Waals surface area (Å²) in [5, 5.41) is 119. The number of aliphatic hydroxyl groups is 8. The van der Waals surface area contributed by atoms with Crippen LogP contribution in [0.2, 0.25) is 0 Å². The molecule has 11 unspecified atom stereocenters. The van der Waals surface area contributed by atoms with E-state index in [1.807, 2.05) is 0 Å². The fraction of sp³-hybridized carbons (Fsp3) is 0.941. The number of carbonyl (C=O) groups is 3. The van der Waals surface area contributed by atoms with Gasteiger partial charge in [0.05, 0.1) is 50.8 Å². The van der Waals surface area contributed by atoms with Crippen LogP contribution in [0.5, 0.6) is 0 Å². The molecule has 44 nitrogen and oxygen atoms in total. The number of thioether (sulfide) groups is 2. The Balaban J connectivity index is 1.01. The molecule has 6 aliphatic rings. The van der Waals surface area contributed by atoms with E-state index < -0.39 is 251 Å². The van der Waals surface area contributed by atoms with Crippen molar-refractivity contribution in [1.29, 1.82) is 0 Å². The first-order valence-corrected chi connectivity index (χ1v) is 38.7. The molecule has 6 fully saturated rings. The topological polar surface area (TPSA) is 655 Å². The van der Waals surface area contributed by atoms with E-state index in [9.17, 15) is 108 Å². The second-order valence-corrected chi connectivity index (χ2v) is 30.7. The second-order valence-electron chi connectivity index (χ2n) is 23.8. The maximum absolute atomic E-state index is 12.6. The summed E-state index contributed by atoms with van der Waals surface area (Å²) in [4.78, 5) is 37.8. The van der Waals surface area contributed by atoms with E-state index in [-0.39, 0.29) is 43.8 Å². The summed E-state index contributed by atoms with van der Waals surface area (Å²) in [6, 6.07) is 0. The molecule has 6 rings (SSSR count). The number of nitrogens with one attached hydrogen (secondary N) is 3. The van der Waals surface area contributed by atoms with E-state index in [0.29, 0.717) is 30.2 Å². The van der Waals surface area contributed by atoms with Gasteiger partial charge in [-0.3, -0.25) is 23.0 Å². The lowest BCUT2D eigenvalue weighted by Crippen LogP contribution is -2.65. The molecule has 0 aromatic heterocycles. The summed E-state index contributed by atoms with van der Waals surface area (Å²) in [5.74, 6) is -4.82. The van der Waals surface area contributed by atoms with E-state index in [0.717, 1.165) is 14.2 Å². The highest BCUT2D eigenvalue weighted by Gasteiger charge is 2.58. The Morgan fingerprint density at radius 1 is 0.455 bits per heavy atom. The molecular weight excluding hydrogens is 1500 g/mol. The van der Waals surface area contributed by atoms with E-state index in [1.165, 1.54) is 37.4 Å². The van der Waals surface area contributed by atoms with Gasteiger partial charge in [-0.25, -0.2) is 26.3 Å². The molecule has 101 heavy (non-hydrogen) atoms. The Hall–Kier alpha value is -2.29. The fourth-order valence-corrected chi connectivity index (χ4v) is 15.3. The van der Waals surface area contributed by atoms with Gasteiger partial charge in [0.15, 0.2) is 37.4 Å². The molecule has 0 aromatic rings. The predicted octanol–water partition coefficient (Wildman–Crippen LogP) is -8.47. The summed E-state index contributed by atoms with van der Waals surface area (Å²) in [6.45, 7) is 1.03. The quantitative estimate of drug-likeness (QED) is 0.0200. The Kier molecular flexibility index (Phi) is 34.0. The van der Waals surface area contributed by atoms with Gasteiger partial charge in [-0.05, 0) is 13.3 Å². The molecule has 1 amide bonds. The van der Waals surface area contributed by atoms with Gasteiger partial charge in [0.1, 0.15) is 97.7 Å². The van der Waals surface area contributed by atoms with E-state index in [2.05, 4.69) is 32.7 Å². The zero-order valence-corrected chi connectivity index (χ0v) is 59.3. The molecule has 0 bridgehead atoms. The number of ether oxygens (including phenoxy) is 12. The van der Waals surface area contributed by atoms with Crippen molar-refractivity contribution < 1.29 is 191 Å². The van der Waals surface area contributed by atoms with Crippen molar-refractivity contribution in [3.8, 4) is 0 Å². The van der Waals surface area contributed by atoms with Gasteiger partial charge in [-0.15, -0.1) is 0 Å². The Morgan fingerprint density at radius 2 is 0.812 bits per heavy atom. The number of hydrogen-bond acceptors (Lipinski definition) is 39. The molecule has 590 valence electrons. The van der Waals surface area contributed by atoms with Gasteiger partial charge >= 0.3 is 53.5 Å². The maximum Gasteiger partial charge on any atom is 0.397 e. The number of rotatable bonds is 41. The molecule has 0 saturated carbocycles. The van der Waals surface area contributed by atoms with Crippen LogP contribution >= 0.6 is 23.5 Å². The second kappa shape index (κ2) is 39.2. The molecule has 50 heteroatoms. The largest absolute Gasteiger partial charge is 0.479 e. The maximum atomic E-state index is 12.6. The van der Waals surface area contributed by atoms with Crippen LogP contribution in [0, 0.1) is 11.8 Å². The summed E-state index contributed by atoms with van der Waals surface area (Å²) >= 11 is 2.90. The average molecular weight is 1590 g/mol. The number of amides is 1. The smallest absolute Gasteiger partial charge is 0.397 e. The zero-order valence-electron chi connectivity index (χ0n) is 54.4. The highest BCUT2D eigenvalue weighted by atomic mass is 32.3. The normalized spacial score (nSPS) is 38.5.